The van der Waals surface area contributed by atoms with E-state index in [0.717, 1.165) is 0 Å². The van der Waals surface area contributed by atoms with Crippen molar-refractivity contribution < 1.29 is 22.1 Å². The smallest absolute Gasteiger partial charge is 0.258 e. The molecule has 1 heterocycles. The van der Waals surface area contributed by atoms with E-state index >= 15 is 0 Å². The Labute approximate surface area is 112 Å². The van der Waals surface area contributed by atoms with Gasteiger partial charge in [-0.15, -0.1) is 0 Å². The molecule has 0 aromatic carbocycles. The number of aromatic nitrogens is 1. The first-order chi connectivity index (χ1) is 7.66. The summed E-state index contributed by atoms with van der Waals surface area (Å²) in [7, 11) is 0.261. The minimum Gasteiger partial charge on any atom is -0.258 e. The molecular weight excluding hydrogens is 396 g/mol. The van der Waals surface area contributed by atoms with Gasteiger partial charge < -0.3 is 0 Å². The number of halogens is 4. The van der Waals surface area contributed by atoms with E-state index in [1.54, 1.807) is 0 Å². The Hall–Kier alpha value is -0.620. The number of rotatable bonds is 3. The lowest BCUT2D eigenvalue weighted by Crippen LogP contribution is -2.07. The van der Waals surface area contributed by atoms with E-state index in [1.807, 2.05) is 0 Å². The first-order valence-corrected chi connectivity index (χ1v) is 7.10. The predicted molar refractivity (Wildman–Crippen MR) is 61.6 cm³/mol. The molecule has 0 spiro atoms. The van der Waals surface area contributed by atoms with Gasteiger partial charge in [-0.3, -0.25) is 10.1 Å². The molecule has 0 amide bonds. The van der Waals surface area contributed by atoms with Gasteiger partial charge in [0.15, 0.2) is 4.90 Å². The van der Waals surface area contributed by atoms with Crippen molar-refractivity contribution in [2.45, 2.75) is 11.3 Å². The highest BCUT2D eigenvalue weighted by Gasteiger charge is 2.34. The zero-order chi connectivity index (χ0) is 13.4. The van der Waals surface area contributed by atoms with Crippen molar-refractivity contribution in [1.82, 2.24) is 4.98 Å². The van der Waals surface area contributed by atoms with Crippen molar-refractivity contribution in [3.8, 4) is 0 Å². The molecule has 6 nitrogen and oxygen atoms in total. The van der Waals surface area contributed by atoms with Gasteiger partial charge in [0.1, 0.15) is 9.90 Å². The molecular formula is C6H2ClF2IN2O4S. The van der Waals surface area contributed by atoms with Crippen LogP contribution in [0.25, 0.3) is 0 Å². The Morgan fingerprint density at radius 3 is 2.41 bits per heavy atom. The maximum Gasteiger partial charge on any atom is 0.307 e. The third kappa shape index (κ3) is 2.98. The molecule has 0 aliphatic heterocycles. The standard InChI is InChI=1S/C6H2ClF2IN2O4S/c7-17(15,16)4-2(12(13)14)1-11-6(10)3(4)5(8)9/h1,5H. The van der Waals surface area contributed by atoms with Crippen LogP contribution in [0.2, 0.25) is 0 Å². The zero-order valence-corrected chi connectivity index (χ0v) is 11.3. The minimum absolute atomic E-state index is 0.359. The molecule has 17 heavy (non-hydrogen) atoms. The summed E-state index contributed by atoms with van der Waals surface area (Å²) in [5.74, 6) is 0. The molecule has 1 rings (SSSR count). The van der Waals surface area contributed by atoms with Crippen molar-refractivity contribution >= 4 is 48.0 Å². The van der Waals surface area contributed by atoms with Gasteiger partial charge in [-0.25, -0.2) is 22.2 Å². The number of hydrogen-bond acceptors (Lipinski definition) is 5. The Morgan fingerprint density at radius 2 is 2.06 bits per heavy atom. The van der Waals surface area contributed by atoms with E-state index in [9.17, 15) is 27.3 Å². The average Bonchev–Trinajstić information content (AvgIpc) is 2.14. The molecule has 1 aromatic heterocycles. The molecule has 0 aliphatic rings. The quantitative estimate of drug-likeness (QED) is 0.256. The van der Waals surface area contributed by atoms with Crippen LogP contribution in [-0.2, 0) is 9.05 Å². The number of hydrogen-bond donors (Lipinski definition) is 0. The lowest BCUT2D eigenvalue weighted by molar-refractivity contribution is -0.388. The van der Waals surface area contributed by atoms with E-state index < -0.39 is 36.5 Å². The van der Waals surface area contributed by atoms with Crippen LogP contribution in [0.1, 0.15) is 12.0 Å². The zero-order valence-electron chi connectivity index (χ0n) is 7.60. The highest BCUT2D eigenvalue weighted by molar-refractivity contribution is 14.1. The summed E-state index contributed by atoms with van der Waals surface area (Å²) in [5.41, 5.74) is -2.13. The van der Waals surface area contributed by atoms with E-state index in [2.05, 4.69) is 4.98 Å². The van der Waals surface area contributed by atoms with Gasteiger partial charge in [-0.1, -0.05) is 0 Å². The summed E-state index contributed by atoms with van der Waals surface area (Å²) >= 11 is 1.34. The second-order valence-corrected chi connectivity index (χ2v) is 6.20. The fourth-order valence-corrected chi connectivity index (χ4v) is 3.19. The van der Waals surface area contributed by atoms with Crippen molar-refractivity contribution in [3.63, 3.8) is 0 Å². The number of alkyl halides is 2. The molecule has 0 bridgehead atoms. The Bertz CT molecular complexity index is 580. The molecule has 0 aliphatic carbocycles. The Kier molecular flexibility index (Phi) is 4.19. The molecule has 0 fully saturated rings. The van der Waals surface area contributed by atoms with Crippen molar-refractivity contribution in [2.24, 2.45) is 0 Å². The molecule has 11 heteroatoms. The monoisotopic (exact) mass is 398 g/mol. The molecule has 1 aromatic rings. The van der Waals surface area contributed by atoms with Crippen LogP contribution >= 0.6 is 33.3 Å². The molecule has 94 valence electrons. The highest BCUT2D eigenvalue weighted by atomic mass is 127. The van der Waals surface area contributed by atoms with E-state index in [4.69, 9.17) is 10.7 Å². The molecule has 0 atom stereocenters. The van der Waals surface area contributed by atoms with Gasteiger partial charge in [0.25, 0.3) is 15.5 Å². The Morgan fingerprint density at radius 1 is 1.53 bits per heavy atom. The van der Waals surface area contributed by atoms with Crippen LogP contribution in [0, 0.1) is 13.8 Å². The largest absolute Gasteiger partial charge is 0.307 e. The summed E-state index contributed by atoms with van der Waals surface area (Å²) in [6.07, 6.45) is -2.67. The SMILES string of the molecule is O=[N+]([O-])c1cnc(I)c(C(F)F)c1S(=O)(=O)Cl. The van der Waals surface area contributed by atoms with Gasteiger partial charge in [0.2, 0.25) is 0 Å². The molecule has 0 unspecified atom stereocenters. The molecule has 0 radical (unpaired) electrons. The number of pyridine rings is 1. The molecule has 0 saturated heterocycles. The second kappa shape index (κ2) is 4.94. The van der Waals surface area contributed by atoms with Crippen LogP contribution in [0.15, 0.2) is 11.1 Å². The van der Waals surface area contributed by atoms with Crippen molar-refractivity contribution in [2.75, 3.05) is 0 Å². The topological polar surface area (TPSA) is 90.2 Å². The van der Waals surface area contributed by atoms with Gasteiger partial charge in [-0.2, -0.15) is 0 Å². The molecule has 0 N–H and O–H groups in total. The van der Waals surface area contributed by atoms with Crippen molar-refractivity contribution in [3.05, 3.63) is 25.6 Å². The van der Waals surface area contributed by atoms with E-state index in [0.29, 0.717) is 6.20 Å². The maximum absolute atomic E-state index is 12.7. The van der Waals surface area contributed by atoms with Crippen LogP contribution < -0.4 is 0 Å². The summed E-state index contributed by atoms with van der Waals surface area (Å²) in [6.45, 7) is 0. The second-order valence-electron chi connectivity index (χ2n) is 2.67. The fraction of sp³-hybridized carbons (Fsp3) is 0.167. The summed E-state index contributed by atoms with van der Waals surface area (Å²) < 4.78 is 47.2. The maximum atomic E-state index is 12.7. The van der Waals surface area contributed by atoms with E-state index in [-0.39, 0.29) is 3.70 Å². The number of nitrogens with zero attached hydrogens (tertiary/aromatic N) is 2. The van der Waals surface area contributed by atoms with Gasteiger partial charge >= 0.3 is 5.69 Å². The average molecular weight is 399 g/mol. The van der Waals surface area contributed by atoms with Gasteiger partial charge in [0.05, 0.1) is 10.5 Å². The first-order valence-electron chi connectivity index (χ1n) is 3.72. The molecule has 0 saturated carbocycles. The highest BCUT2D eigenvalue weighted by Crippen LogP contribution is 2.37. The van der Waals surface area contributed by atoms with Crippen LogP contribution in [-0.4, -0.2) is 18.3 Å². The first kappa shape index (κ1) is 14.4. The van der Waals surface area contributed by atoms with Crippen molar-refractivity contribution in [1.29, 1.82) is 0 Å². The van der Waals surface area contributed by atoms with Gasteiger partial charge in [0, 0.05) is 10.7 Å². The third-order valence-electron chi connectivity index (χ3n) is 1.66. The summed E-state index contributed by atoms with van der Waals surface area (Å²) in [5, 5.41) is 10.5. The lowest BCUT2D eigenvalue weighted by Gasteiger charge is -2.07. The summed E-state index contributed by atoms with van der Waals surface area (Å²) in [4.78, 5) is 11.5. The third-order valence-corrected chi connectivity index (χ3v) is 3.90. The fourth-order valence-electron chi connectivity index (χ4n) is 1.05. The minimum atomic E-state index is -4.67. The van der Waals surface area contributed by atoms with Gasteiger partial charge in [-0.05, 0) is 22.6 Å². The van der Waals surface area contributed by atoms with Crippen LogP contribution in [0.3, 0.4) is 0 Å². The van der Waals surface area contributed by atoms with Crippen LogP contribution in [0.5, 0.6) is 0 Å². The predicted octanol–water partition coefficient (Wildman–Crippen LogP) is 2.46. The Balaban J connectivity index is 3.82. The lowest BCUT2D eigenvalue weighted by atomic mass is 10.3. The normalized spacial score (nSPS) is 11.8. The summed E-state index contributed by atoms with van der Waals surface area (Å²) in [6, 6.07) is 0. The number of nitro groups is 1. The van der Waals surface area contributed by atoms with E-state index in [1.165, 1.54) is 22.6 Å². The van der Waals surface area contributed by atoms with Crippen LogP contribution in [0.4, 0.5) is 14.5 Å².